The molecule has 1 aliphatic heterocycles. The molecule has 0 spiro atoms. The van der Waals surface area contributed by atoms with Gasteiger partial charge < -0.3 is 34.6 Å². The highest BCUT2D eigenvalue weighted by Gasteiger charge is 2.41. The van der Waals surface area contributed by atoms with Gasteiger partial charge in [0.2, 0.25) is 11.8 Å². The van der Waals surface area contributed by atoms with Crippen LogP contribution in [-0.4, -0.2) is 79.6 Å². The van der Waals surface area contributed by atoms with E-state index in [0.29, 0.717) is 32.4 Å². The highest BCUT2D eigenvalue weighted by Crippen LogP contribution is 2.42. The van der Waals surface area contributed by atoms with E-state index in [9.17, 15) is 14.7 Å². The zero-order valence-electron chi connectivity index (χ0n) is 32.0. The lowest BCUT2D eigenvalue weighted by atomic mass is 9.80. The SMILES string of the molecule is COc1ccc(C(OC[C@@H]2C[C@@H](O)CN2C(=O)CCCCCNC(=O)CCCCCCCCCCCO)(c2ccccc2)c2ccc(OC)cc2)cc1. The normalized spacial score (nSPS) is 15.7. The Kier molecular flexibility index (Phi) is 18.1. The molecule has 1 fully saturated rings. The van der Waals surface area contributed by atoms with Gasteiger partial charge in [-0.2, -0.15) is 0 Å². The molecule has 9 nitrogen and oxygen atoms in total. The van der Waals surface area contributed by atoms with E-state index in [4.69, 9.17) is 19.3 Å². The number of carbonyl (C=O) groups is 2. The van der Waals surface area contributed by atoms with Crippen LogP contribution >= 0.6 is 0 Å². The Labute approximate surface area is 317 Å². The number of likely N-dealkylation sites (tertiary alicyclic amines) is 1. The van der Waals surface area contributed by atoms with Gasteiger partial charge in [-0.1, -0.05) is 106 Å². The van der Waals surface area contributed by atoms with Crippen molar-refractivity contribution in [2.75, 3.05) is 40.5 Å². The van der Waals surface area contributed by atoms with Crippen molar-refractivity contribution in [3.05, 3.63) is 95.6 Å². The first kappa shape index (κ1) is 41.8. The van der Waals surface area contributed by atoms with Gasteiger partial charge in [-0.25, -0.2) is 0 Å². The van der Waals surface area contributed by atoms with Crippen molar-refractivity contribution < 1.29 is 34.0 Å². The molecule has 2 amide bonds. The molecule has 0 radical (unpaired) electrons. The summed E-state index contributed by atoms with van der Waals surface area (Å²) < 4.78 is 18.0. The molecule has 0 aliphatic carbocycles. The number of benzene rings is 3. The quantitative estimate of drug-likeness (QED) is 0.0609. The minimum atomic E-state index is -1.01. The molecule has 290 valence electrons. The van der Waals surface area contributed by atoms with Crippen LogP contribution in [0.15, 0.2) is 78.9 Å². The maximum absolute atomic E-state index is 13.5. The van der Waals surface area contributed by atoms with Gasteiger partial charge in [0.05, 0.1) is 33.0 Å². The molecule has 0 saturated carbocycles. The van der Waals surface area contributed by atoms with Crippen molar-refractivity contribution >= 4 is 11.8 Å². The van der Waals surface area contributed by atoms with Crippen molar-refractivity contribution in [2.24, 2.45) is 0 Å². The van der Waals surface area contributed by atoms with E-state index in [0.717, 1.165) is 73.1 Å². The summed E-state index contributed by atoms with van der Waals surface area (Å²) in [6, 6.07) is 25.5. The molecule has 2 atom stereocenters. The smallest absolute Gasteiger partial charge is 0.222 e. The van der Waals surface area contributed by atoms with Crippen LogP contribution in [0.2, 0.25) is 0 Å². The lowest BCUT2D eigenvalue weighted by molar-refractivity contribution is -0.134. The molecule has 3 aromatic carbocycles. The molecule has 3 aromatic rings. The van der Waals surface area contributed by atoms with Crippen LogP contribution < -0.4 is 14.8 Å². The second-order valence-corrected chi connectivity index (χ2v) is 14.2. The zero-order chi connectivity index (χ0) is 37.7. The first-order chi connectivity index (χ1) is 25.9. The Morgan fingerprint density at radius 2 is 1.21 bits per heavy atom. The predicted octanol–water partition coefficient (Wildman–Crippen LogP) is 7.54. The van der Waals surface area contributed by atoms with Gasteiger partial charge in [0.1, 0.15) is 17.1 Å². The zero-order valence-corrected chi connectivity index (χ0v) is 32.0. The summed E-state index contributed by atoms with van der Waals surface area (Å²) in [7, 11) is 3.29. The van der Waals surface area contributed by atoms with E-state index in [1.165, 1.54) is 32.1 Å². The average Bonchev–Trinajstić information content (AvgIpc) is 3.58. The van der Waals surface area contributed by atoms with Crippen molar-refractivity contribution in [3.8, 4) is 11.5 Å². The van der Waals surface area contributed by atoms with Crippen LogP contribution in [0.4, 0.5) is 0 Å². The summed E-state index contributed by atoms with van der Waals surface area (Å²) in [6.45, 7) is 1.43. The van der Waals surface area contributed by atoms with Gasteiger partial charge in [-0.05, 0) is 73.1 Å². The average molecular weight is 731 g/mol. The lowest BCUT2D eigenvalue weighted by Crippen LogP contribution is -2.42. The van der Waals surface area contributed by atoms with E-state index < -0.39 is 11.7 Å². The number of carbonyl (C=O) groups excluding carboxylic acids is 2. The van der Waals surface area contributed by atoms with Crippen LogP contribution in [-0.2, 0) is 19.9 Å². The van der Waals surface area contributed by atoms with Crippen LogP contribution in [0, 0.1) is 0 Å². The second-order valence-electron chi connectivity index (χ2n) is 14.2. The molecule has 53 heavy (non-hydrogen) atoms. The topological polar surface area (TPSA) is 118 Å². The Morgan fingerprint density at radius 3 is 1.77 bits per heavy atom. The van der Waals surface area contributed by atoms with E-state index in [-0.39, 0.29) is 31.0 Å². The third-order valence-electron chi connectivity index (χ3n) is 10.3. The number of aliphatic hydroxyl groups excluding tert-OH is 2. The van der Waals surface area contributed by atoms with Crippen molar-refractivity contribution in [3.63, 3.8) is 0 Å². The van der Waals surface area contributed by atoms with Crippen molar-refractivity contribution in [2.45, 2.75) is 114 Å². The monoisotopic (exact) mass is 730 g/mol. The number of hydrogen-bond donors (Lipinski definition) is 3. The lowest BCUT2D eigenvalue weighted by Gasteiger charge is -2.38. The fourth-order valence-electron chi connectivity index (χ4n) is 7.32. The third kappa shape index (κ3) is 12.9. The molecule has 1 saturated heterocycles. The molecule has 0 unspecified atom stereocenters. The van der Waals surface area contributed by atoms with Crippen LogP contribution in [0.3, 0.4) is 0 Å². The molecule has 4 rings (SSSR count). The Balaban J connectivity index is 1.28. The second kappa shape index (κ2) is 23.0. The van der Waals surface area contributed by atoms with E-state index in [1.807, 2.05) is 66.7 Å². The van der Waals surface area contributed by atoms with Crippen molar-refractivity contribution in [1.29, 1.82) is 0 Å². The van der Waals surface area contributed by atoms with E-state index in [2.05, 4.69) is 17.4 Å². The minimum Gasteiger partial charge on any atom is -0.497 e. The fourth-order valence-corrected chi connectivity index (χ4v) is 7.32. The number of hydrogen-bond acceptors (Lipinski definition) is 7. The van der Waals surface area contributed by atoms with Gasteiger partial charge in [0.25, 0.3) is 0 Å². The summed E-state index contributed by atoms with van der Waals surface area (Å²) >= 11 is 0. The molecular weight excluding hydrogens is 668 g/mol. The molecule has 1 aliphatic rings. The first-order valence-corrected chi connectivity index (χ1v) is 19.7. The highest BCUT2D eigenvalue weighted by molar-refractivity contribution is 5.77. The Hall–Kier alpha value is -3.92. The summed E-state index contributed by atoms with van der Waals surface area (Å²) in [5.74, 6) is 1.60. The molecular formula is C44H62N2O7. The molecule has 1 heterocycles. The maximum atomic E-state index is 13.5. The van der Waals surface area contributed by atoms with Gasteiger partial charge >= 0.3 is 0 Å². The summed E-state index contributed by atoms with van der Waals surface area (Å²) in [4.78, 5) is 27.6. The third-order valence-corrected chi connectivity index (χ3v) is 10.3. The van der Waals surface area contributed by atoms with Gasteiger partial charge in [0, 0.05) is 32.5 Å². The maximum Gasteiger partial charge on any atom is 0.222 e. The number of amides is 2. The number of methoxy groups -OCH3 is 2. The van der Waals surface area contributed by atoms with Crippen LogP contribution in [0.5, 0.6) is 11.5 Å². The number of aliphatic hydroxyl groups is 2. The number of β-amino-alcohol motifs (C(OH)–C–C–N with tert-alkyl or cyclic N) is 1. The van der Waals surface area contributed by atoms with Gasteiger partial charge in [-0.15, -0.1) is 0 Å². The fraction of sp³-hybridized carbons (Fsp3) is 0.545. The summed E-state index contributed by atoms with van der Waals surface area (Å²) in [5.41, 5.74) is 1.76. The van der Waals surface area contributed by atoms with Crippen LogP contribution in [0.25, 0.3) is 0 Å². The summed E-state index contributed by atoms with van der Waals surface area (Å²) in [5, 5.41) is 22.6. The molecule has 3 N–H and O–H groups in total. The minimum absolute atomic E-state index is 0.0172. The summed E-state index contributed by atoms with van der Waals surface area (Å²) in [6.07, 6.45) is 13.2. The first-order valence-electron chi connectivity index (χ1n) is 19.7. The molecule has 0 bridgehead atoms. The largest absolute Gasteiger partial charge is 0.497 e. The number of nitrogens with zero attached hydrogens (tertiary/aromatic N) is 1. The number of ether oxygens (including phenoxy) is 3. The molecule has 9 heteroatoms. The Bertz CT molecular complexity index is 1420. The Morgan fingerprint density at radius 1 is 0.698 bits per heavy atom. The van der Waals surface area contributed by atoms with Gasteiger partial charge in [0.15, 0.2) is 0 Å². The number of rotatable bonds is 25. The van der Waals surface area contributed by atoms with Crippen LogP contribution in [0.1, 0.15) is 113 Å². The van der Waals surface area contributed by atoms with Crippen molar-refractivity contribution in [1.82, 2.24) is 10.2 Å². The highest BCUT2D eigenvalue weighted by atomic mass is 16.5. The number of unbranched alkanes of at least 4 members (excludes halogenated alkanes) is 10. The predicted molar refractivity (Wildman–Crippen MR) is 209 cm³/mol. The molecule has 0 aromatic heterocycles. The van der Waals surface area contributed by atoms with Gasteiger partial charge in [-0.3, -0.25) is 9.59 Å². The standard InChI is InChI=1S/C44H62N2O7/c1-51-40-26-22-36(23-27-40)44(35-18-12-10-13-19-35,37-24-28-41(52-2)29-25-37)53-34-38-32-39(48)33-46(38)43(50)21-15-11-16-30-45-42(49)20-14-8-6-4-3-5-7-9-17-31-47/h10,12-13,18-19,22-29,38-39,47-48H,3-9,11,14-17,20-21,30-34H2,1-2H3,(H,45,49)/t38-,39+/m0/s1. The van der Waals surface area contributed by atoms with E-state index >= 15 is 0 Å². The number of nitrogens with one attached hydrogen (secondary N) is 1. The van der Waals surface area contributed by atoms with E-state index in [1.54, 1.807) is 19.1 Å².